The summed E-state index contributed by atoms with van der Waals surface area (Å²) in [5, 5.41) is 32.2. The topological polar surface area (TPSA) is 171 Å². The molecule has 0 spiro atoms. The number of aliphatic hydroxyl groups excluding tert-OH is 2. The van der Waals surface area contributed by atoms with E-state index in [1.165, 1.54) is 88.6 Å². The number of hydrogen-bond acceptors (Lipinski definition) is 11. The Morgan fingerprint density at radius 3 is 1.35 bits per heavy atom. The van der Waals surface area contributed by atoms with Crippen molar-refractivity contribution in [2.45, 2.75) is 334 Å². The average molecular weight is 1580 g/mol. The molecule has 0 bridgehead atoms. The van der Waals surface area contributed by atoms with Gasteiger partial charge < -0.3 is 46.1 Å². The van der Waals surface area contributed by atoms with Crippen LogP contribution in [0.5, 0.6) is 0 Å². The highest BCUT2D eigenvalue weighted by molar-refractivity contribution is 5.89. The summed E-state index contributed by atoms with van der Waals surface area (Å²) in [5.74, 6) is -5.24. The van der Waals surface area contributed by atoms with Gasteiger partial charge in [0.25, 0.3) is 0 Å². The van der Waals surface area contributed by atoms with Crippen molar-refractivity contribution in [2.24, 2.45) is 5.73 Å². The fraction of sp³-hybridized carbons (Fsp3) is 0.600. The number of rotatable bonds is 25. The minimum atomic E-state index is -0.824. The highest BCUT2D eigenvalue weighted by atomic mass is 19.2. The van der Waals surface area contributed by atoms with Crippen LogP contribution in [0.1, 0.15) is 308 Å². The average Bonchev–Trinajstić information content (AvgIpc) is 1.72. The molecule has 18 heteroatoms. The molecule has 3 saturated carbocycles. The number of carbonyl (C=O) groups is 2. The zero-order chi connectivity index (χ0) is 83.5. The van der Waals surface area contributed by atoms with Gasteiger partial charge in [0.15, 0.2) is 0 Å². The van der Waals surface area contributed by atoms with E-state index in [-0.39, 0.29) is 69.6 Å². The molecule has 6 aromatic carbocycles. The maximum Gasteiger partial charge on any atom is 0.414 e. The van der Waals surface area contributed by atoms with E-state index in [1.54, 1.807) is 55.4 Å². The largest absolute Gasteiger partial charge is 0.459 e. The first-order chi connectivity index (χ1) is 52.9. The molecule has 1 amide bonds. The fourth-order valence-corrected chi connectivity index (χ4v) is 15.9. The molecule has 0 radical (unpaired) electrons. The number of aryl methyl sites for hydroxylation is 3. The minimum Gasteiger partial charge on any atom is -0.459 e. The second kappa shape index (κ2) is 40.9. The molecule has 10 rings (SSSR count). The molecule has 1 heterocycles. The number of benzene rings is 6. The lowest BCUT2D eigenvalue weighted by Crippen LogP contribution is -2.47. The molecule has 4 atom stereocenters. The number of ether oxygens (including phenoxy) is 3. The second-order valence-electron chi connectivity index (χ2n) is 37.2. The standard InChI is InChI=1S/C33H48F2N2O3.C28H40F2N2O.C18H24F2O3.C16H25N/c1-8-37(30(39)40-32(5,6)7)29-23(19-26(34)21-28(29)35)15-16-27(38)22-36-33(17-10-9-11-18-33)25-14-12-13-24(20-25)31(2,3)4;1-5-31-26-20(16-23(29)18-25(26)30)12-13-24(33)19-32-28(14-7-6-8-15-28)22-11-9-10-21(17-22)27(2,3)4;1-5-14(17(21)23-18(2,3)4)16-11(6-7-13-10-22-13)8-12(19)9-15(16)20;1-15(2,3)13-8-7-9-14(12-13)16(17)10-5-4-6-11-16/h12-14,19-21,27,36,38H,8-11,15-18,22H2,1-7H3;9-11,16-18,24,31-33H,5-8,12-15,19H2,1-4H3;8-9,13-14H,5-7,10H2,1-4H3;7-9,12H,4-6,10-11,17H2,1-3H3. The number of nitrogens with one attached hydrogen (secondary N) is 3. The number of nitrogens with zero attached hydrogens (tertiary/aromatic N) is 1. The predicted molar refractivity (Wildman–Crippen MR) is 448 cm³/mol. The molecule has 3 aliphatic carbocycles. The van der Waals surface area contributed by atoms with Gasteiger partial charge in [-0.1, -0.05) is 200 Å². The number of amides is 1. The summed E-state index contributed by atoms with van der Waals surface area (Å²) in [6.07, 6.45) is 18.3. The lowest BCUT2D eigenvalue weighted by Gasteiger charge is -2.40. The molecule has 4 fully saturated rings. The van der Waals surface area contributed by atoms with Gasteiger partial charge in [-0.05, 0) is 223 Å². The highest BCUT2D eigenvalue weighted by Gasteiger charge is 2.39. The summed E-state index contributed by atoms with van der Waals surface area (Å²) in [5.41, 5.74) is 15.0. The van der Waals surface area contributed by atoms with Gasteiger partial charge in [-0.3, -0.25) is 9.69 Å². The van der Waals surface area contributed by atoms with Gasteiger partial charge in [0.1, 0.15) is 46.1 Å². The van der Waals surface area contributed by atoms with Crippen LogP contribution in [0.4, 0.5) is 42.5 Å². The van der Waals surface area contributed by atoms with E-state index in [1.807, 2.05) is 6.92 Å². The van der Waals surface area contributed by atoms with E-state index in [0.717, 1.165) is 82.4 Å². The van der Waals surface area contributed by atoms with Crippen molar-refractivity contribution in [1.29, 1.82) is 0 Å². The molecule has 113 heavy (non-hydrogen) atoms. The summed E-state index contributed by atoms with van der Waals surface area (Å²) < 4.78 is 101. The van der Waals surface area contributed by atoms with Gasteiger partial charge in [-0.25, -0.2) is 31.1 Å². The van der Waals surface area contributed by atoms with Crippen LogP contribution in [0, 0.1) is 34.9 Å². The molecule has 626 valence electrons. The lowest BCUT2D eigenvalue weighted by atomic mass is 9.74. The van der Waals surface area contributed by atoms with Crippen LogP contribution in [-0.4, -0.2) is 84.6 Å². The van der Waals surface area contributed by atoms with Crippen molar-refractivity contribution in [3.8, 4) is 0 Å². The maximum absolute atomic E-state index is 15.0. The van der Waals surface area contributed by atoms with Gasteiger partial charge in [0.2, 0.25) is 0 Å². The van der Waals surface area contributed by atoms with Gasteiger partial charge in [-0.15, -0.1) is 0 Å². The summed E-state index contributed by atoms with van der Waals surface area (Å²) in [6.45, 7) is 38.2. The number of aliphatic hydroxyl groups is 2. The summed E-state index contributed by atoms with van der Waals surface area (Å²) in [6, 6.07) is 33.0. The maximum atomic E-state index is 15.0. The third-order valence-electron chi connectivity index (χ3n) is 22.4. The lowest BCUT2D eigenvalue weighted by molar-refractivity contribution is -0.157. The van der Waals surface area contributed by atoms with Crippen LogP contribution in [0.2, 0.25) is 0 Å². The smallest absolute Gasteiger partial charge is 0.414 e. The van der Waals surface area contributed by atoms with Gasteiger partial charge in [0, 0.05) is 66.6 Å². The first-order valence-electron chi connectivity index (χ1n) is 41.9. The molecule has 0 aromatic heterocycles. The van der Waals surface area contributed by atoms with Crippen molar-refractivity contribution in [3.05, 3.63) is 200 Å². The third kappa shape index (κ3) is 28.0. The fourth-order valence-electron chi connectivity index (χ4n) is 15.9. The first kappa shape index (κ1) is 93.4. The number of halogens is 6. The quantitative estimate of drug-likeness (QED) is 0.0183. The molecule has 1 saturated heterocycles. The van der Waals surface area contributed by atoms with Gasteiger partial charge >= 0.3 is 12.1 Å². The molecular weight excluding hydrogens is 1440 g/mol. The number of esters is 1. The van der Waals surface area contributed by atoms with E-state index in [0.29, 0.717) is 80.7 Å². The Balaban J connectivity index is 0.000000218. The van der Waals surface area contributed by atoms with Crippen molar-refractivity contribution in [3.63, 3.8) is 0 Å². The molecular formula is C95H137F6N5O7. The molecule has 1 aliphatic heterocycles. The summed E-state index contributed by atoms with van der Waals surface area (Å²) >= 11 is 0. The van der Waals surface area contributed by atoms with Crippen molar-refractivity contribution < 1.29 is 60.4 Å². The first-order valence-corrected chi connectivity index (χ1v) is 41.9. The van der Waals surface area contributed by atoms with E-state index >= 15 is 4.39 Å². The molecule has 4 unspecified atom stereocenters. The van der Waals surface area contributed by atoms with Crippen LogP contribution >= 0.6 is 0 Å². The van der Waals surface area contributed by atoms with Crippen LogP contribution in [0.15, 0.2) is 109 Å². The third-order valence-corrected chi connectivity index (χ3v) is 22.4. The van der Waals surface area contributed by atoms with Crippen LogP contribution in [-0.2, 0) is 71.1 Å². The normalized spacial score (nSPS) is 17.6. The van der Waals surface area contributed by atoms with Gasteiger partial charge in [-0.2, -0.15) is 0 Å². The van der Waals surface area contributed by atoms with Crippen LogP contribution in [0.25, 0.3) is 0 Å². The predicted octanol–water partition coefficient (Wildman–Crippen LogP) is 22.4. The van der Waals surface area contributed by atoms with Crippen molar-refractivity contribution >= 4 is 23.4 Å². The van der Waals surface area contributed by atoms with E-state index < -0.39 is 76.3 Å². The Labute approximate surface area is 673 Å². The number of epoxide rings is 1. The highest BCUT2D eigenvalue weighted by Crippen LogP contribution is 2.43. The molecule has 4 aliphatic rings. The Morgan fingerprint density at radius 2 is 0.929 bits per heavy atom. The van der Waals surface area contributed by atoms with E-state index in [4.69, 9.17) is 19.9 Å². The molecule has 12 nitrogen and oxygen atoms in total. The number of carbonyl (C=O) groups excluding carboxylic acids is 2. The van der Waals surface area contributed by atoms with Crippen molar-refractivity contribution in [2.75, 3.05) is 43.0 Å². The number of anilines is 2. The number of nitrogens with two attached hydrogens (primary N) is 1. The van der Waals surface area contributed by atoms with E-state index in [2.05, 4.69) is 151 Å². The minimum absolute atomic E-state index is 0.000977. The zero-order valence-electron chi connectivity index (χ0n) is 71.5. The molecule has 7 N–H and O–H groups in total. The Bertz CT molecular complexity index is 4010. The second-order valence-corrected chi connectivity index (χ2v) is 37.2. The van der Waals surface area contributed by atoms with Crippen LogP contribution in [0.3, 0.4) is 0 Å². The Morgan fingerprint density at radius 1 is 0.522 bits per heavy atom. The molecule has 6 aromatic rings. The van der Waals surface area contributed by atoms with Crippen LogP contribution < -0.4 is 26.6 Å². The Hall–Kier alpha value is -6.80. The van der Waals surface area contributed by atoms with Crippen molar-refractivity contribution in [1.82, 2.24) is 10.6 Å². The van der Waals surface area contributed by atoms with E-state index in [9.17, 15) is 41.8 Å². The van der Waals surface area contributed by atoms with Gasteiger partial charge in [0.05, 0.1) is 42.2 Å². The monoisotopic (exact) mass is 1570 g/mol. The zero-order valence-corrected chi connectivity index (χ0v) is 71.5. The SMILES string of the molecule is CC(C)(C)c1cccc(C2(N)CCCCC2)c1.CCC(C(=O)OC(C)(C)C)c1c(F)cc(F)cc1CCC1CO1.CCN(C(=O)OC(C)(C)C)c1c(F)cc(F)cc1CCC(O)CNC1(c2cccc(C(C)(C)C)c2)CCCCC1.CCNc1c(F)cc(F)cc1CCC(O)CNC1(c2cccc(C(C)(C)C)c2)CCCCC1. The Kier molecular flexibility index (Phi) is 33.8. The summed E-state index contributed by atoms with van der Waals surface area (Å²) in [7, 11) is 0. The number of hydrogen-bond donors (Lipinski definition) is 6. The summed E-state index contributed by atoms with van der Waals surface area (Å²) in [4.78, 5) is 26.5.